The van der Waals surface area contributed by atoms with E-state index < -0.39 is 22.0 Å². The molecule has 160 valence electrons. The summed E-state index contributed by atoms with van der Waals surface area (Å²) in [6.45, 7) is 3.11. The number of nitrogens with one attached hydrogen (secondary N) is 1. The van der Waals surface area contributed by atoms with Gasteiger partial charge in [-0.15, -0.1) is 0 Å². The quantitative estimate of drug-likeness (QED) is 0.594. The third-order valence-corrected chi connectivity index (χ3v) is 8.23. The second-order valence-corrected chi connectivity index (χ2v) is 10.2. The van der Waals surface area contributed by atoms with Gasteiger partial charge in [0.15, 0.2) is 0 Å². The molecule has 0 bridgehead atoms. The van der Waals surface area contributed by atoms with Gasteiger partial charge in [0.1, 0.15) is 11.4 Å². The van der Waals surface area contributed by atoms with E-state index in [1.165, 1.54) is 6.07 Å². The standard InChI is InChI=1S/C23H24FN5OS/c1-23(16-31(30)27-12-2-3-13-29(31)22(26)28-23)20-14-18(10-11-21(20)24)7-4-17-5-8-19(15-25)9-6-17/h5-6,8-11,14,27,30H,2-3,12-13,16H2,1H3,(H2,26,28)/t23-/m0/s1. The Hall–Kier alpha value is -3.04. The first-order valence-electron chi connectivity index (χ1n) is 10.1. The molecular formula is C23H24FN5OS. The van der Waals surface area contributed by atoms with Crippen molar-refractivity contribution in [3.8, 4) is 17.9 Å². The molecular weight excluding hydrogens is 413 g/mol. The molecule has 4 N–H and O–H groups in total. The van der Waals surface area contributed by atoms with E-state index in [9.17, 15) is 8.94 Å². The third kappa shape index (κ3) is 4.24. The molecule has 2 heterocycles. The fraction of sp³-hybridized carbons (Fsp3) is 0.304. The van der Waals surface area contributed by atoms with Gasteiger partial charge in [0.05, 0.1) is 17.4 Å². The summed E-state index contributed by atoms with van der Waals surface area (Å²) in [5, 5.41) is 8.90. The molecule has 2 aromatic carbocycles. The fourth-order valence-corrected chi connectivity index (χ4v) is 6.57. The van der Waals surface area contributed by atoms with Crippen molar-refractivity contribution in [3.05, 3.63) is 70.5 Å². The number of rotatable bonds is 1. The van der Waals surface area contributed by atoms with Gasteiger partial charge in [-0.2, -0.15) is 5.26 Å². The smallest absolute Gasteiger partial charge is 0.203 e. The van der Waals surface area contributed by atoms with Crippen molar-refractivity contribution in [2.24, 2.45) is 10.7 Å². The lowest BCUT2D eigenvalue weighted by molar-refractivity contribution is 0.439. The molecule has 0 aliphatic carbocycles. The van der Waals surface area contributed by atoms with Crippen LogP contribution in [0, 0.1) is 29.0 Å². The lowest BCUT2D eigenvalue weighted by atomic mass is 9.92. The summed E-state index contributed by atoms with van der Waals surface area (Å²) >= 11 is 0. The molecule has 2 aromatic rings. The Labute approximate surface area is 183 Å². The minimum absolute atomic E-state index is 0.231. The Morgan fingerprint density at radius 1 is 1.16 bits per heavy atom. The second kappa shape index (κ2) is 8.24. The van der Waals surface area contributed by atoms with Gasteiger partial charge in [0.2, 0.25) is 5.96 Å². The molecule has 0 saturated carbocycles. The predicted octanol–water partition coefficient (Wildman–Crippen LogP) is 3.43. The normalized spacial score (nSPS) is 27.4. The van der Waals surface area contributed by atoms with Gasteiger partial charge >= 0.3 is 0 Å². The highest BCUT2D eigenvalue weighted by molar-refractivity contribution is 8.25. The van der Waals surface area contributed by atoms with E-state index in [1.807, 2.05) is 0 Å². The number of fused-ring (bicyclic) bond motifs is 1. The summed E-state index contributed by atoms with van der Waals surface area (Å²) in [5.41, 5.74) is 7.52. The van der Waals surface area contributed by atoms with Crippen molar-refractivity contribution in [2.45, 2.75) is 25.3 Å². The Bertz CT molecular complexity index is 1130. The molecule has 4 rings (SSSR count). The van der Waals surface area contributed by atoms with Crippen LogP contribution in [0.2, 0.25) is 0 Å². The van der Waals surface area contributed by atoms with Crippen LogP contribution in [0.3, 0.4) is 0 Å². The number of halogens is 1. The van der Waals surface area contributed by atoms with Crippen molar-refractivity contribution in [1.82, 2.24) is 9.03 Å². The maximum atomic E-state index is 14.9. The summed E-state index contributed by atoms with van der Waals surface area (Å²) in [5.74, 6) is 6.15. The summed E-state index contributed by atoms with van der Waals surface area (Å²) < 4.78 is 31.2. The van der Waals surface area contributed by atoms with Crippen LogP contribution in [0.15, 0.2) is 47.5 Å². The SMILES string of the molecule is C[C@@]1(c2cc(C#Cc3ccc(C#N)cc3)ccc2F)CS2(O)NCCCCN2C(N)=N1. The van der Waals surface area contributed by atoms with Gasteiger partial charge in [0, 0.05) is 40.5 Å². The molecule has 1 fully saturated rings. The molecule has 1 unspecified atom stereocenters. The largest absolute Gasteiger partial charge is 0.369 e. The lowest BCUT2D eigenvalue weighted by Gasteiger charge is -2.51. The molecule has 31 heavy (non-hydrogen) atoms. The molecule has 2 atom stereocenters. The Morgan fingerprint density at radius 2 is 1.84 bits per heavy atom. The van der Waals surface area contributed by atoms with Crippen molar-refractivity contribution in [3.63, 3.8) is 0 Å². The number of nitriles is 1. The van der Waals surface area contributed by atoms with Gasteiger partial charge < -0.3 is 10.3 Å². The minimum Gasteiger partial charge on any atom is -0.369 e. The van der Waals surface area contributed by atoms with Crippen LogP contribution >= 0.6 is 10.7 Å². The Morgan fingerprint density at radius 3 is 2.58 bits per heavy atom. The lowest BCUT2D eigenvalue weighted by Crippen LogP contribution is -2.53. The van der Waals surface area contributed by atoms with Crippen LogP contribution in [0.25, 0.3) is 0 Å². The number of nitrogens with zero attached hydrogens (tertiary/aromatic N) is 3. The van der Waals surface area contributed by atoms with Gasteiger partial charge in [-0.1, -0.05) is 11.8 Å². The summed E-state index contributed by atoms with van der Waals surface area (Å²) in [6.07, 6.45) is 1.84. The van der Waals surface area contributed by atoms with Crippen LogP contribution in [-0.4, -0.2) is 33.7 Å². The molecule has 1 saturated heterocycles. The number of benzene rings is 2. The molecule has 2 aliphatic heterocycles. The highest BCUT2D eigenvalue weighted by Gasteiger charge is 2.46. The molecule has 6 nitrogen and oxygen atoms in total. The van der Waals surface area contributed by atoms with Crippen LogP contribution in [0.5, 0.6) is 0 Å². The van der Waals surface area contributed by atoms with Crippen molar-refractivity contribution in [2.75, 3.05) is 18.8 Å². The van der Waals surface area contributed by atoms with E-state index in [2.05, 4.69) is 27.6 Å². The van der Waals surface area contributed by atoms with E-state index >= 15 is 0 Å². The molecule has 0 spiro atoms. The van der Waals surface area contributed by atoms with Crippen LogP contribution < -0.4 is 10.5 Å². The summed E-state index contributed by atoms with van der Waals surface area (Å²) in [4.78, 5) is 4.62. The van der Waals surface area contributed by atoms with Crippen molar-refractivity contribution >= 4 is 16.6 Å². The van der Waals surface area contributed by atoms with E-state index in [1.54, 1.807) is 47.6 Å². The maximum absolute atomic E-state index is 14.9. The number of nitrogens with two attached hydrogens (primary N) is 1. The Kier molecular flexibility index (Phi) is 5.63. The topological polar surface area (TPSA) is 97.7 Å². The van der Waals surface area contributed by atoms with E-state index in [0.717, 1.165) is 18.4 Å². The number of guanidine groups is 1. The zero-order valence-corrected chi connectivity index (χ0v) is 18.0. The number of hydrogen-bond acceptors (Lipinski definition) is 6. The monoisotopic (exact) mass is 437 g/mol. The fourth-order valence-electron chi connectivity index (χ4n) is 3.90. The minimum atomic E-state index is -2.42. The van der Waals surface area contributed by atoms with Crippen LogP contribution in [0.4, 0.5) is 4.39 Å². The highest BCUT2D eigenvalue weighted by Crippen LogP contribution is 2.53. The zero-order valence-electron chi connectivity index (χ0n) is 17.2. The first-order valence-corrected chi connectivity index (χ1v) is 11.8. The average Bonchev–Trinajstić information content (AvgIpc) is 2.94. The summed E-state index contributed by atoms with van der Waals surface area (Å²) in [7, 11) is -2.42. The highest BCUT2D eigenvalue weighted by atomic mass is 32.3. The predicted molar refractivity (Wildman–Crippen MR) is 122 cm³/mol. The van der Waals surface area contributed by atoms with Crippen molar-refractivity contribution in [1.29, 1.82) is 5.26 Å². The van der Waals surface area contributed by atoms with E-state index in [-0.39, 0.29) is 11.7 Å². The molecule has 8 heteroatoms. The molecule has 0 aromatic heterocycles. The Balaban J connectivity index is 1.69. The molecule has 0 radical (unpaired) electrons. The van der Waals surface area contributed by atoms with Gasteiger partial charge in [-0.3, -0.25) is 4.31 Å². The van der Waals surface area contributed by atoms with Gasteiger partial charge in [-0.25, -0.2) is 14.1 Å². The zero-order chi connectivity index (χ0) is 22.1. The molecule has 0 amide bonds. The summed E-state index contributed by atoms with van der Waals surface area (Å²) in [6, 6.07) is 13.7. The average molecular weight is 438 g/mol. The van der Waals surface area contributed by atoms with Gasteiger partial charge in [-0.05, 0) is 62.2 Å². The first-order chi connectivity index (χ1) is 14.8. The third-order valence-electron chi connectivity index (χ3n) is 5.50. The van der Waals surface area contributed by atoms with Gasteiger partial charge in [0.25, 0.3) is 0 Å². The van der Waals surface area contributed by atoms with Crippen LogP contribution in [0.1, 0.15) is 42.0 Å². The number of aliphatic imine (C=N–C) groups is 1. The van der Waals surface area contributed by atoms with E-state index in [4.69, 9.17) is 11.0 Å². The van der Waals surface area contributed by atoms with Crippen LogP contribution in [-0.2, 0) is 5.54 Å². The maximum Gasteiger partial charge on any atom is 0.203 e. The van der Waals surface area contributed by atoms with E-state index in [0.29, 0.717) is 29.8 Å². The molecule has 2 aliphatic rings. The van der Waals surface area contributed by atoms with Crippen molar-refractivity contribution < 1.29 is 8.94 Å². The second-order valence-electron chi connectivity index (χ2n) is 7.89. The number of hydrogen-bond donors (Lipinski definition) is 3. The first kappa shape index (κ1) is 21.2.